The number of sulfonamides is 1. The summed E-state index contributed by atoms with van der Waals surface area (Å²) in [6.45, 7) is 0.563. The number of rotatable bonds is 6. The van der Waals surface area contributed by atoms with Gasteiger partial charge in [0.15, 0.2) is 5.13 Å². The minimum atomic E-state index is -3.53. The predicted octanol–water partition coefficient (Wildman–Crippen LogP) is 3.70. The zero-order chi connectivity index (χ0) is 22.9. The number of thiazole rings is 1. The number of carbonyl (C=O) groups is 1. The minimum Gasteiger partial charge on any atom is -0.494 e. The summed E-state index contributed by atoms with van der Waals surface area (Å²) >= 11 is 7.67. The maximum absolute atomic E-state index is 13.8. The van der Waals surface area contributed by atoms with Gasteiger partial charge in [0.1, 0.15) is 17.3 Å². The van der Waals surface area contributed by atoms with Crippen LogP contribution in [0.3, 0.4) is 0 Å². The Morgan fingerprint density at radius 1 is 1.28 bits per heavy atom. The molecule has 1 atom stereocenters. The van der Waals surface area contributed by atoms with E-state index in [2.05, 4.69) is 9.97 Å². The second kappa shape index (κ2) is 9.30. The Hall–Kier alpha value is -2.27. The Labute approximate surface area is 195 Å². The van der Waals surface area contributed by atoms with Crippen molar-refractivity contribution < 1.29 is 17.9 Å². The molecule has 0 radical (unpaired) electrons. The van der Waals surface area contributed by atoms with Crippen molar-refractivity contribution in [2.75, 3.05) is 24.8 Å². The van der Waals surface area contributed by atoms with Crippen LogP contribution in [0.1, 0.15) is 24.8 Å². The number of halogens is 1. The van der Waals surface area contributed by atoms with Gasteiger partial charge in [0.25, 0.3) is 0 Å². The highest BCUT2D eigenvalue weighted by Crippen LogP contribution is 2.39. The molecule has 1 amide bonds. The molecule has 0 N–H and O–H groups in total. The van der Waals surface area contributed by atoms with Gasteiger partial charge < -0.3 is 4.74 Å². The maximum atomic E-state index is 13.8. The van der Waals surface area contributed by atoms with Crippen LogP contribution in [0.4, 0.5) is 5.13 Å². The molecule has 3 heterocycles. The monoisotopic (exact) mass is 494 g/mol. The Balaban J connectivity index is 1.80. The van der Waals surface area contributed by atoms with Crippen LogP contribution in [0.2, 0.25) is 5.02 Å². The van der Waals surface area contributed by atoms with E-state index in [-0.39, 0.29) is 12.5 Å². The van der Waals surface area contributed by atoms with Crippen molar-refractivity contribution in [2.24, 2.45) is 0 Å². The second-order valence-corrected chi connectivity index (χ2v) is 10.9. The molecule has 2 aromatic heterocycles. The summed E-state index contributed by atoms with van der Waals surface area (Å²) in [6, 6.07) is 6.32. The fourth-order valence-electron chi connectivity index (χ4n) is 3.86. The number of fused-ring (bicyclic) bond motifs is 1. The molecule has 1 fully saturated rings. The van der Waals surface area contributed by atoms with Crippen LogP contribution < -0.4 is 9.64 Å². The summed E-state index contributed by atoms with van der Waals surface area (Å²) in [6.07, 6.45) is 6.43. The van der Waals surface area contributed by atoms with Crippen molar-refractivity contribution >= 4 is 54.2 Å². The number of nitrogens with zero attached hydrogens (tertiary/aromatic N) is 4. The van der Waals surface area contributed by atoms with Crippen LogP contribution in [0.5, 0.6) is 5.75 Å². The van der Waals surface area contributed by atoms with Crippen molar-refractivity contribution in [1.82, 2.24) is 14.3 Å². The van der Waals surface area contributed by atoms with Gasteiger partial charge in [-0.1, -0.05) is 29.4 Å². The molecule has 4 rings (SSSR count). The first-order valence-corrected chi connectivity index (χ1v) is 13.1. The Morgan fingerprint density at radius 2 is 2.03 bits per heavy atom. The highest BCUT2D eigenvalue weighted by atomic mass is 35.5. The third kappa shape index (κ3) is 4.59. The maximum Gasteiger partial charge on any atom is 0.247 e. The summed E-state index contributed by atoms with van der Waals surface area (Å²) in [5.74, 6) is 0.250. The summed E-state index contributed by atoms with van der Waals surface area (Å²) in [5, 5.41) is 0.948. The number of carbonyl (C=O) groups excluding carboxylic acids is 1. The number of benzene rings is 1. The molecule has 1 unspecified atom stereocenters. The SMILES string of the molecule is COc1ccc(Cl)c2sc(N(Cc3ccncc3)C(=O)C3CCCCN3S(C)(=O)=O)nc12. The quantitative estimate of drug-likeness (QED) is 0.518. The van der Waals surface area contributed by atoms with Crippen molar-refractivity contribution in [3.05, 3.63) is 47.2 Å². The molecule has 0 spiro atoms. The zero-order valence-electron chi connectivity index (χ0n) is 17.7. The number of pyridine rings is 1. The van der Waals surface area contributed by atoms with E-state index in [9.17, 15) is 13.2 Å². The fraction of sp³-hybridized carbons (Fsp3) is 0.381. The van der Waals surface area contributed by atoms with E-state index in [1.54, 1.807) is 36.5 Å². The number of aromatic nitrogens is 2. The Kier molecular flexibility index (Phi) is 6.66. The molecule has 1 aliphatic rings. The molecular weight excluding hydrogens is 472 g/mol. The molecule has 0 bridgehead atoms. The van der Waals surface area contributed by atoms with Gasteiger partial charge in [-0.05, 0) is 42.7 Å². The number of amides is 1. The van der Waals surface area contributed by atoms with E-state index in [0.717, 1.165) is 24.7 Å². The molecule has 3 aromatic rings. The van der Waals surface area contributed by atoms with Crippen LogP contribution in [-0.4, -0.2) is 54.6 Å². The van der Waals surface area contributed by atoms with E-state index in [4.69, 9.17) is 16.3 Å². The first-order valence-electron chi connectivity index (χ1n) is 10.1. The number of methoxy groups -OCH3 is 1. The largest absolute Gasteiger partial charge is 0.494 e. The fourth-order valence-corrected chi connectivity index (χ4v) is 6.24. The number of ether oxygens (including phenoxy) is 1. The molecular formula is C21H23ClN4O4S2. The van der Waals surface area contributed by atoms with Gasteiger partial charge in [0, 0.05) is 18.9 Å². The van der Waals surface area contributed by atoms with E-state index in [1.165, 1.54) is 15.6 Å². The van der Waals surface area contributed by atoms with Crippen LogP contribution in [0, 0.1) is 0 Å². The van der Waals surface area contributed by atoms with Crippen molar-refractivity contribution in [1.29, 1.82) is 0 Å². The van der Waals surface area contributed by atoms with Gasteiger partial charge in [0.2, 0.25) is 15.9 Å². The first kappa shape index (κ1) is 22.9. The topological polar surface area (TPSA) is 92.7 Å². The van der Waals surface area contributed by atoms with Crippen LogP contribution in [0.25, 0.3) is 10.2 Å². The van der Waals surface area contributed by atoms with Gasteiger partial charge in [-0.25, -0.2) is 13.4 Å². The number of hydrogen-bond acceptors (Lipinski definition) is 7. The van der Waals surface area contributed by atoms with E-state index < -0.39 is 16.1 Å². The molecule has 1 aromatic carbocycles. The molecule has 11 heteroatoms. The van der Waals surface area contributed by atoms with Gasteiger partial charge in [-0.2, -0.15) is 4.31 Å². The molecule has 1 aliphatic heterocycles. The lowest BCUT2D eigenvalue weighted by atomic mass is 10.0. The summed E-state index contributed by atoms with van der Waals surface area (Å²) in [4.78, 5) is 24.0. The summed E-state index contributed by atoms with van der Waals surface area (Å²) in [5.41, 5.74) is 1.42. The Morgan fingerprint density at radius 3 is 2.72 bits per heavy atom. The molecule has 32 heavy (non-hydrogen) atoms. The third-order valence-electron chi connectivity index (χ3n) is 5.42. The highest BCUT2D eigenvalue weighted by Gasteiger charge is 2.38. The van der Waals surface area contributed by atoms with E-state index in [1.807, 2.05) is 12.1 Å². The lowest BCUT2D eigenvalue weighted by Gasteiger charge is -2.35. The van der Waals surface area contributed by atoms with Gasteiger partial charge in [-0.3, -0.25) is 14.7 Å². The smallest absolute Gasteiger partial charge is 0.247 e. The normalized spacial score (nSPS) is 17.4. The summed E-state index contributed by atoms with van der Waals surface area (Å²) in [7, 11) is -1.98. The standard InChI is InChI=1S/C21H23ClN4O4S2/c1-30-17-7-6-15(22)19-18(17)24-21(31-19)25(13-14-8-10-23-11-9-14)20(27)16-5-3-4-12-26(16)32(2,28)29/h6-11,16H,3-5,12-13H2,1-2H3. The van der Waals surface area contributed by atoms with Crippen molar-refractivity contribution in [3.8, 4) is 5.75 Å². The third-order valence-corrected chi connectivity index (χ3v) is 8.25. The number of anilines is 1. The Bertz CT molecular complexity index is 1230. The number of piperidine rings is 1. The molecule has 0 saturated carbocycles. The average Bonchev–Trinajstić information content (AvgIpc) is 3.23. The second-order valence-electron chi connectivity index (χ2n) is 7.59. The van der Waals surface area contributed by atoms with Crippen LogP contribution >= 0.6 is 22.9 Å². The molecule has 0 aliphatic carbocycles. The van der Waals surface area contributed by atoms with Crippen LogP contribution in [-0.2, 0) is 21.4 Å². The summed E-state index contributed by atoms with van der Waals surface area (Å²) < 4.78 is 32.2. The molecule has 1 saturated heterocycles. The molecule has 170 valence electrons. The van der Waals surface area contributed by atoms with Crippen molar-refractivity contribution in [2.45, 2.75) is 31.8 Å². The van der Waals surface area contributed by atoms with E-state index in [0.29, 0.717) is 39.1 Å². The predicted molar refractivity (Wildman–Crippen MR) is 126 cm³/mol. The minimum absolute atomic E-state index is 0.231. The van der Waals surface area contributed by atoms with Gasteiger partial charge in [-0.15, -0.1) is 0 Å². The average molecular weight is 495 g/mol. The van der Waals surface area contributed by atoms with E-state index >= 15 is 0 Å². The van der Waals surface area contributed by atoms with Gasteiger partial charge >= 0.3 is 0 Å². The highest BCUT2D eigenvalue weighted by molar-refractivity contribution is 7.88. The molecule has 8 nitrogen and oxygen atoms in total. The lowest BCUT2D eigenvalue weighted by Crippen LogP contribution is -2.52. The lowest BCUT2D eigenvalue weighted by molar-refractivity contribution is -0.123. The van der Waals surface area contributed by atoms with Crippen LogP contribution in [0.15, 0.2) is 36.7 Å². The van der Waals surface area contributed by atoms with Gasteiger partial charge in [0.05, 0.1) is 29.6 Å². The number of hydrogen-bond donors (Lipinski definition) is 0. The first-order chi connectivity index (χ1) is 15.3. The van der Waals surface area contributed by atoms with Crippen molar-refractivity contribution in [3.63, 3.8) is 0 Å². The zero-order valence-corrected chi connectivity index (χ0v) is 20.1.